The fraction of sp³-hybridized carbons (Fsp3) is 0.192. The van der Waals surface area contributed by atoms with Crippen molar-refractivity contribution in [2.75, 3.05) is 7.11 Å². The van der Waals surface area contributed by atoms with Gasteiger partial charge in [-0.15, -0.1) is 0 Å². The second kappa shape index (κ2) is 9.57. The Bertz CT molecular complexity index is 1380. The first-order chi connectivity index (χ1) is 16.3. The molecule has 2 heterocycles. The highest BCUT2D eigenvalue weighted by Crippen LogP contribution is 2.31. The monoisotopic (exact) mass is 478 g/mol. The Morgan fingerprint density at radius 3 is 2.50 bits per heavy atom. The van der Waals surface area contributed by atoms with Crippen LogP contribution in [0.25, 0.3) is 10.9 Å². The van der Waals surface area contributed by atoms with Crippen LogP contribution in [-0.4, -0.2) is 39.6 Å². The summed E-state index contributed by atoms with van der Waals surface area (Å²) in [6.07, 6.45) is 2.36. The molecule has 1 unspecified atom stereocenters. The smallest absolute Gasteiger partial charge is 0.344 e. The maximum atomic E-state index is 13.5. The molecule has 2 aromatic carbocycles. The van der Waals surface area contributed by atoms with Gasteiger partial charge in [0.25, 0.3) is 0 Å². The summed E-state index contributed by atoms with van der Waals surface area (Å²) in [7, 11) is 1.58. The van der Waals surface area contributed by atoms with Gasteiger partial charge in [-0.05, 0) is 67.9 Å². The molecule has 0 aliphatic carbocycles. The second-order valence-corrected chi connectivity index (χ2v) is 8.26. The zero-order valence-corrected chi connectivity index (χ0v) is 19.7. The number of ether oxygens (including phenoxy) is 2. The number of aromatic nitrogens is 2. The largest absolute Gasteiger partial charge is 0.497 e. The van der Waals surface area contributed by atoms with E-state index in [0.29, 0.717) is 34.2 Å². The minimum absolute atomic E-state index is 0.115. The van der Waals surface area contributed by atoms with Crippen molar-refractivity contribution >= 4 is 34.3 Å². The van der Waals surface area contributed by atoms with Gasteiger partial charge in [-0.3, -0.25) is 9.78 Å². The number of ketones is 1. The van der Waals surface area contributed by atoms with E-state index < -0.39 is 12.1 Å². The molecule has 0 saturated carbocycles. The van der Waals surface area contributed by atoms with Crippen molar-refractivity contribution in [2.45, 2.75) is 26.5 Å². The lowest BCUT2D eigenvalue weighted by Gasteiger charge is -2.14. The van der Waals surface area contributed by atoms with Crippen LogP contribution in [-0.2, 0) is 11.3 Å². The fourth-order valence-corrected chi connectivity index (χ4v) is 4.05. The summed E-state index contributed by atoms with van der Waals surface area (Å²) in [5.41, 5.74) is 3.45. The summed E-state index contributed by atoms with van der Waals surface area (Å²) in [5, 5.41) is 10.4. The third-order valence-electron chi connectivity index (χ3n) is 5.71. The predicted octanol–water partition coefficient (Wildman–Crippen LogP) is 5.14. The second-order valence-electron chi connectivity index (χ2n) is 7.85. The van der Waals surface area contributed by atoms with Crippen LogP contribution in [0.15, 0.2) is 60.9 Å². The normalized spacial score (nSPS) is 11.9. The van der Waals surface area contributed by atoms with Gasteiger partial charge in [-0.2, -0.15) is 0 Å². The summed E-state index contributed by atoms with van der Waals surface area (Å²) in [6.45, 7) is 3.71. The van der Waals surface area contributed by atoms with Gasteiger partial charge in [0, 0.05) is 40.6 Å². The molecule has 0 aliphatic rings. The maximum absolute atomic E-state index is 13.5. The molecule has 4 rings (SSSR count). The number of carbonyl (C=O) groups excluding carboxylic acids is 1. The molecule has 174 valence electrons. The average molecular weight is 479 g/mol. The molecule has 0 spiro atoms. The molecule has 0 aliphatic heterocycles. The average Bonchev–Trinajstić information content (AvgIpc) is 3.11. The van der Waals surface area contributed by atoms with E-state index in [2.05, 4.69) is 4.98 Å². The standard InChI is InChI=1S/C26H23ClN2O5/c1-15-24(25(30)17-4-6-19(33-3)7-5-17)21-13-28-11-10-23(21)29(15)14-18-12-20(8-9-22(18)27)34-16(2)26(31)32/h4-13,16H,14H2,1-3H3,(H,31,32). The van der Waals surface area contributed by atoms with Crippen LogP contribution >= 0.6 is 11.6 Å². The Kier molecular flexibility index (Phi) is 6.56. The Morgan fingerprint density at radius 2 is 1.82 bits per heavy atom. The molecule has 1 atom stereocenters. The lowest BCUT2D eigenvalue weighted by atomic mass is 10.0. The Labute approximate surface area is 201 Å². The Balaban J connectivity index is 1.76. The highest BCUT2D eigenvalue weighted by molar-refractivity contribution is 6.31. The van der Waals surface area contributed by atoms with Gasteiger partial charge < -0.3 is 19.1 Å². The van der Waals surface area contributed by atoms with Gasteiger partial charge >= 0.3 is 5.97 Å². The number of rotatable bonds is 8. The number of nitrogens with zero attached hydrogens (tertiary/aromatic N) is 2. The predicted molar refractivity (Wildman–Crippen MR) is 129 cm³/mol. The van der Waals surface area contributed by atoms with E-state index in [0.717, 1.165) is 22.2 Å². The van der Waals surface area contributed by atoms with E-state index in [4.69, 9.17) is 26.2 Å². The minimum Gasteiger partial charge on any atom is -0.497 e. The van der Waals surface area contributed by atoms with E-state index in [1.807, 2.05) is 17.6 Å². The summed E-state index contributed by atoms with van der Waals surface area (Å²) >= 11 is 6.47. The summed E-state index contributed by atoms with van der Waals surface area (Å²) in [5.74, 6) is -0.0979. The van der Waals surface area contributed by atoms with Crippen LogP contribution in [0.1, 0.15) is 34.1 Å². The SMILES string of the molecule is COc1ccc(C(=O)c2c(C)n(Cc3cc(OC(C)C(=O)O)ccc3Cl)c3ccncc23)cc1. The number of pyridine rings is 1. The van der Waals surface area contributed by atoms with Gasteiger partial charge in [0.2, 0.25) is 0 Å². The third-order valence-corrected chi connectivity index (χ3v) is 6.08. The van der Waals surface area contributed by atoms with Crippen molar-refractivity contribution in [3.05, 3.63) is 88.3 Å². The quantitative estimate of drug-likeness (QED) is 0.353. The number of fused-ring (bicyclic) bond motifs is 1. The van der Waals surface area contributed by atoms with Gasteiger partial charge in [-0.25, -0.2) is 4.79 Å². The van der Waals surface area contributed by atoms with E-state index in [9.17, 15) is 9.59 Å². The number of halogens is 1. The zero-order valence-electron chi connectivity index (χ0n) is 18.9. The number of carboxylic acid groups (broad SMARTS) is 1. The summed E-state index contributed by atoms with van der Waals surface area (Å²) < 4.78 is 12.7. The minimum atomic E-state index is -1.06. The number of carbonyl (C=O) groups is 2. The van der Waals surface area contributed by atoms with Gasteiger partial charge in [0.15, 0.2) is 11.9 Å². The molecule has 34 heavy (non-hydrogen) atoms. The fourth-order valence-electron chi connectivity index (χ4n) is 3.87. The lowest BCUT2D eigenvalue weighted by molar-refractivity contribution is -0.144. The van der Waals surface area contributed by atoms with Crippen molar-refractivity contribution in [1.82, 2.24) is 9.55 Å². The molecule has 1 N–H and O–H groups in total. The first-order valence-electron chi connectivity index (χ1n) is 10.6. The van der Waals surface area contributed by atoms with Gasteiger partial charge in [-0.1, -0.05) is 11.6 Å². The van der Waals surface area contributed by atoms with E-state index in [1.54, 1.807) is 62.0 Å². The molecule has 8 heteroatoms. The van der Waals surface area contributed by atoms with E-state index in [1.165, 1.54) is 6.92 Å². The number of methoxy groups -OCH3 is 1. The maximum Gasteiger partial charge on any atom is 0.344 e. The van der Waals surface area contributed by atoms with Gasteiger partial charge in [0.1, 0.15) is 11.5 Å². The number of aliphatic carboxylic acids is 1. The Morgan fingerprint density at radius 1 is 1.12 bits per heavy atom. The zero-order chi connectivity index (χ0) is 24.4. The number of benzene rings is 2. The van der Waals surface area contributed by atoms with Crippen molar-refractivity contribution in [3.63, 3.8) is 0 Å². The van der Waals surface area contributed by atoms with E-state index >= 15 is 0 Å². The van der Waals surface area contributed by atoms with Crippen LogP contribution in [0, 0.1) is 6.92 Å². The lowest BCUT2D eigenvalue weighted by Crippen LogP contribution is -2.22. The van der Waals surface area contributed by atoms with Crippen LogP contribution in [0.5, 0.6) is 11.5 Å². The molecular formula is C26H23ClN2O5. The molecule has 2 aromatic heterocycles. The van der Waals surface area contributed by atoms with E-state index in [-0.39, 0.29) is 5.78 Å². The molecule has 0 bridgehead atoms. The Hall–Kier alpha value is -3.84. The van der Waals surface area contributed by atoms with Crippen LogP contribution in [0.4, 0.5) is 0 Å². The molecule has 0 amide bonds. The molecule has 0 fully saturated rings. The first kappa shape index (κ1) is 23.3. The molecule has 0 radical (unpaired) electrons. The van der Waals surface area contributed by atoms with Crippen LogP contribution < -0.4 is 9.47 Å². The van der Waals surface area contributed by atoms with Crippen molar-refractivity contribution in [1.29, 1.82) is 0 Å². The first-order valence-corrected chi connectivity index (χ1v) is 11.0. The summed E-state index contributed by atoms with van der Waals surface area (Å²) in [6, 6.07) is 13.9. The third kappa shape index (κ3) is 4.47. The molecule has 0 saturated heterocycles. The van der Waals surface area contributed by atoms with Gasteiger partial charge in [0.05, 0.1) is 18.2 Å². The molecule has 7 nitrogen and oxygen atoms in total. The van der Waals surface area contributed by atoms with Crippen LogP contribution in [0.2, 0.25) is 5.02 Å². The number of carboxylic acids is 1. The van der Waals surface area contributed by atoms with Crippen molar-refractivity contribution in [2.24, 2.45) is 0 Å². The summed E-state index contributed by atoms with van der Waals surface area (Å²) in [4.78, 5) is 28.9. The molecule has 4 aromatic rings. The number of hydrogen-bond acceptors (Lipinski definition) is 5. The van der Waals surface area contributed by atoms with Crippen molar-refractivity contribution < 1.29 is 24.2 Å². The molecular weight excluding hydrogens is 456 g/mol. The van der Waals surface area contributed by atoms with Crippen LogP contribution in [0.3, 0.4) is 0 Å². The number of hydrogen-bond donors (Lipinski definition) is 1. The van der Waals surface area contributed by atoms with Crippen molar-refractivity contribution in [3.8, 4) is 11.5 Å². The highest BCUT2D eigenvalue weighted by Gasteiger charge is 2.22. The topological polar surface area (TPSA) is 90.7 Å². The highest BCUT2D eigenvalue weighted by atomic mass is 35.5.